The van der Waals surface area contributed by atoms with E-state index in [0.29, 0.717) is 22.8 Å². The van der Waals surface area contributed by atoms with E-state index in [0.717, 1.165) is 6.08 Å². The molecule has 0 aliphatic carbocycles. The molecule has 1 unspecified atom stereocenters. The van der Waals surface area contributed by atoms with Crippen LogP contribution in [0.5, 0.6) is 17.2 Å². The highest BCUT2D eigenvalue weighted by atomic mass is 16.7. The third-order valence-corrected chi connectivity index (χ3v) is 2.83. The number of likely N-dealkylation sites (N-methyl/N-ethyl adjacent to an activating group) is 1. The number of carboxylic acid groups (broad SMARTS) is 1. The largest absolute Gasteiger partial charge is 0.480 e. The minimum Gasteiger partial charge on any atom is -0.480 e. The second kappa shape index (κ2) is 6.17. The number of ether oxygens (including phenoxy) is 3. The highest BCUT2D eigenvalue weighted by Crippen LogP contribution is 2.39. The standard InChI is InChI=1S/C14H15NO6/c1-8(14(18)15-2)21-10-6-12-11(19-7-20-12)5-9(10)3-4-13(16)17/h3-6,8H,7H2,1-2H3,(H,15,18)(H,16,17). The number of nitrogens with one attached hydrogen (secondary N) is 1. The first-order valence-electron chi connectivity index (χ1n) is 6.24. The van der Waals surface area contributed by atoms with Crippen molar-refractivity contribution in [1.29, 1.82) is 0 Å². The fourth-order valence-electron chi connectivity index (χ4n) is 1.78. The number of fused-ring (bicyclic) bond motifs is 1. The van der Waals surface area contributed by atoms with Crippen LogP contribution in [0.3, 0.4) is 0 Å². The zero-order chi connectivity index (χ0) is 15.4. The van der Waals surface area contributed by atoms with Crippen molar-refractivity contribution in [2.75, 3.05) is 13.8 Å². The SMILES string of the molecule is CNC(=O)C(C)Oc1cc2c(cc1C=CC(=O)O)OCO2. The number of amides is 1. The summed E-state index contributed by atoms with van der Waals surface area (Å²) < 4.78 is 16.0. The van der Waals surface area contributed by atoms with Crippen LogP contribution in [0, 0.1) is 0 Å². The number of rotatable bonds is 5. The van der Waals surface area contributed by atoms with Gasteiger partial charge in [0.05, 0.1) is 0 Å². The van der Waals surface area contributed by atoms with Gasteiger partial charge in [0.25, 0.3) is 5.91 Å². The molecule has 0 saturated heterocycles. The van der Waals surface area contributed by atoms with Crippen molar-refractivity contribution in [3.8, 4) is 17.2 Å². The molecule has 1 heterocycles. The summed E-state index contributed by atoms with van der Waals surface area (Å²) in [7, 11) is 1.51. The Hall–Kier alpha value is -2.70. The fourth-order valence-corrected chi connectivity index (χ4v) is 1.78. The molecule has 0 aromatic heterocycles. The molecule has 1 aromatic rings. The summed E-state index contributed by atoms with van der Waals surface area (Å²) >= 11 is 0. The molecule has 0 saturated carbocycles. The average Bonchev–Trinajstić information content (AvgIpc) is 2.90. The van der Waals surface area contributed by atoms with Crippen molar-refractivity contribution in [2.24, 2.45) is 0 Å². The Morgan fingerprint density at radius 2 is 2.05 bits per heavy atom. The average molecular weight is 293 g/mol. The maximum Gasteiger partial charge on any atom is 0.328 e. The molecule has 2 rings (SSSR count). The Balaban J connectivity index is 2.33. The zero-order valence-corrected chi connectivity index (χ0v) is 11.6. The molecule has 7 heteroatoms. The Kier molecular flexibility index (Phi) is 4.32. The van der Waals surface area contributed by atoms with Crippen LogP contribution in [0.1, 0.15) is 12.5 Å². The van der Waals surface area contributed by atoms with Gasteiger partial charge in [-0.2, -0.15) is 0 Å². The van der Waals surface area contributed by atoms with E-state index in [4.69, 9.17) is 19.3 Å². The lowest BCUT2D eigenvalue weighted by atomic mass is 10.1. The van der Waals surface area contributed by atoms with Crippen molar-refractivity contribution in [3.05, 3.63) is 23.8 Å². The van der Waals surface area contributed by atoms with Gasteiger partial charge >= 0.3 is 5.97 Å². The van der Waals surface area contributed by atoms with Crippen molar-refractivity contribution >= 4 is 18.0 Å². The zero-order valence-electron chi connectivity index (χ0n) is 11.6. The lowest BCUT2D eigenvalue weighted by molar-refractivity contribution is -0.131. The van der Waals surface area contributed by atoms with Crippen LogP contribution in [0.25, 0.3) is 6.08 Å². The summed E-state index contributed by atoms with van der Waals surface area (Å²) in [6.07, 6.45) is 1.62. The molecule has 0 spiro atoms. The molecule has 112 valence electrons. The first-order valence-corrected chi connectivity index (χ1v) is 6.24. The fraction of sp³-hybridized carbons (Fsp3) is 0.286. The van der Waals surface area contributed by atoms with Crippen molar-refractivity contribution in [2.45, 2.75) is 13.0 Å². The second-order valence-electron chi connectivity index (χ2n) is 4.29. The maximum absolute atomic E-state index is 11.5. The van der Waals surface area contributed by atoms with E-state index in [9.17, 15) is 9.59 Å². The number of aliphatic carboxylic acids is 1. The van der Waals surface area contributed by atoms with Crippen LogP contribution in [0.4, 0.5) is 0 Å². The first-order chi connectivity index (χ1) is 10.0. The summed E-state index contributed by atoms with van der Waals surface area (Å²) in [5, 5.41) is 11.2. The van der Waals surface area contributed by atoms with Crippen molar-refractivity contribution in [1.82, 2.24) is 5.32 Å². The van der Waals surface area contributed by atoms with Crippen molar-refractivity contribution in [3.63, 3.8) is 0 Å². The van der Waals surface area contributed by atoms with E-state index in [2.05, 4.69) is 5.32 Å². The summed E-state index contributed by atoms with van der Waals surface area (Å²) in [5.74, 6) is -0.0479. The molecule has 1 aromatic carbocycles. The Bertz CT molecular complexity index is 595. The molecular weight excluding hydrogens is 278 g/mol. The third kappa shape index (κ3) is 3.44. The number of hydrogen-bond donors (Lipinski definition) is 2. The molecule has 1 aliphatic rings. The maximum atomic E-state index is 11.5. The lowest BCUT2D eigenvalue weighted by Crippen LogP contribution is -2.33. The molecule has 2 N–H and O–H groups in total. The van der Waals surface area contributed by atoms with Gasteiger partial charge in [0.1, 0.15) is 5.75 Å². The highest BCUT2D eigenvalue weighted by molar-refractivity contribution is 5.86. The normalized spacial score (nSPS) is 14.0. The summed E-state index contributed by atoms with van der Waals surface area (Å²) in [6, 6.07) is 3.18. The second-order valence-corrected chi connectivity index (χ2v) is 4.29. The van der Waals surface area contributed by atoms with Crippen LogP contribution in [0.15, 0.2) is 18.2 Å². The minimum atomic E-state index is -1.09. The Morgan fingerprint density at radius 3 is 2.67 bits per heavy atom. The number of carbonyl (C=O) groups excluding carboxylic acids is 1. The Morgan fingerprint density at radius 1 is 1.38 bits per heavy atom. The van der Waals surface area contributed by atoms with Crippen molar-refractivity contribution < 1.29 is 28.9 Å². The molecule has 1 amide bonds. The predicted octanol–water partition coefficient (Wildman–Crippen LogP) is 1.03. The third-order valence-electron chi connectivity index (χ3n) is 2.83. The van der Waals surface area contributed by atoms with Crippen LogP contribution in [-0.4, -0.2) is 36.9 Å². The van der Waals surface area contributed by atoms with Crippen LogP contribution in [0.2, 0.25) is 0 Å². The van der Waals surface area contributed by atoms with Gasteiger partial charge in [0, 0.05) is 24.8 Å². The van der Waals surface area contributed by atoms with Crippen LogP contribution >= 0.6 is 0 Å². The first kappa shape index (κ1) is 14.7. The highest BCUT2D eigenvalue weighted by Gasteiger charge is 2.20. The number of carbonyl (C=O) groups is 2. The molecule has 1 atom stereocenters. The van der Waals surface area contributed by atoms with Crippen LogP contribution in [-0.2, 0) is 9.59 Å². The van der Waals surface area contributed by atoms with Gasteiger partial charge in [0.15, 0.2) is 17.6 Å². The van der Waals surface area contributed by atoms with E-state index in [1.807, 2.05) is 0 Å². The van der Waals surface area contributed by atoms with Gasteiger partial charge in [-0.1, -0.05) is 0 Å². The summed E-state index contributed by atoms with van der Waals surface area (Å²) in [5.41, 5.74) is 0.484. The van der Waals surface area contributed by atoms with Gasteiger partial charge in [0.2, 0.25) is 6.79 Å². The van der Waals surface area contributed by atoms with Gasteiger partial charge in [-0.15, -0.1) is 0 Å². The molecule has 7 nitrogen and oxygen atoms in total. The number of carboxylic acids is 1. The van der Waals surface area contributed by atoms with E-state index >= 15 is 0 Å². The van der Waals surface area contributed by atoms with E-state index in [-0.39, 0.29) is 12.7 Å². The lowest BCUT2D eigenvalue weighted by Gasteiger charge is -2.15. The van der Waals surface area contributed by atoms with Gasteiger partial charge < -0.3 is 24.6 Å². The quantitative estimate of drug-likeness (QED) is 0.787. The molecule has 1 aliphatic heterocycles. The molecule has 21 heavy (non-hydrogen) atoms. The van der Waals surface area contributed by atoms with E-state index < -0.39 is 12.1 Å². The van der Waals surface area contributed by atoms with Gasteiger partial charge in [-0.25, -0.2) is 4.79 Å². The topological polar surface area (TPSA) is 94.1 Å². The molecular formula is C14H15NO6. The van der Waals surface area contributed by atoms with E-state index in [1.54, 1.807) is 19.1 Å². The van der Waals surface area contributed by atoms with Gasteiger partial charge in [-0.3, -0.25) is 4.79 Å². The number of hydrogen-bond acceptors (Lipinski definition) is 5. The van der Waals surface area contributed by atoms with Crippen LogP contribution < -0.4 is 19.5 Å². The van der Waals surface area contributed by atoms with E-state index in [1.165, 1.54) is 13.1 Å². The number of benzene rings is 1. The molecule has 0 radical (unpaired) electrons. The van der Waals surface area contributed by atoms with Gasteiger partial charge in [-0.05, 0) is 19.1 Å². The predicted molar refractivity (Wildman–Crippen MR) is 73.4 cm³/mol. The smallest absolute Gasteiger partial charge is 0.328 e. The summed E-state index contributed by atoms with van der Waals surface area (Å²) in [6.45, 7) is 1.68. The Labute approximate surface area is 121 Å². The molecule has 0 fully saturated rings. The monoisotopic (exact) mass is 293 g/mol. The minimum absolute atomic E-state index is 0.0892. The summed E-state index contributed by atoms with van der Waals surface area (Å²) in [4.78, 5) is 22.2. The molecule has 0 bridgehead atoms.